The number of rotatable bonds is 6. The summed E-state index contributed by atoms with van der Waals surface area (Å²) >= 11 is 1.67. The van der Waals surface area contributed by atoms with Crippen molar-refractivity contribution in [3.05, 3.63) is 65.7 Å². The highest BCUT2D eigenvalue weighted by Crippen LogP contribution is 2.17. The van der Waals surface area contributed by atoms with Crippen molar-refractivity contribution in [3.63, 3.8) is 0 Å². The molecule has 4 heteroatoms. The van der Waals surface area contributed by atoms with Gasteiger partial charge < -0.3 is 0 Å². The number of hydrogen-bond acceptors (Lipinski definition) is 3. The Balaban J connectivity index is 1.69. The van der Waals surface area contributed by atoms with Crippen LogP contribution < -0.4 is 5.43 Å². The third-order valence-electron chi connectivity index (χ3n) is 2.82. The van der Waals surface area contributed by atoms with E-state index in [9.17, 15) is 4.79 Å². The number of aryl methyl sites for hydroxylation is 1. The number of thioether (sulfide) groups is 1. The Bertz CT molecular complexity index is 594. The van der Waals surface area contributed by atoms with E-state index in [-0.39, 0.29) is 5.91 Å². The Kier molecular flexibility index (Phi) is 6.03. The fraction of sp³-hybridized carbons (Fsp3) is 0.176. The molecule has 1 amide bonds. The van der Waals surface area contributed by atoms with Crippen molar-refractivity contribution in [2.75, 3.05) is 5.75 Å². The monoisotopic (exact) mass is 298 g/mol. The number of hydrazone groups is 1. The van der Waals surface area contributed by atoms with Gasteiger partial charge in [0.15, 0.2) is 0 Å². The Morgan fingerprint density at radius 1 is 1.14 bits per heavy atom. The Morgan fingerprint density at radius 3 is 2.57 bits per heavy atom. The fourth-order valence-electron chi connectivity index (χ4n) is 1.67. The largest absolute Gasteiger partial charge is 0.273 e. The van der Waals surface area contributed by atoms with Crippen molar-refractivity contribution in [2.45, 2.75) is 18.2 Å². The van der Waals surface area contributed by atoms with E-state index in [0.29, 0.717) is 6.42 Å². The van der Waals surface area contributed by atoms with E-state index in [1.165, 1.54) is 10.5 Å². The molecule has 0 aromatic heterocycles. The summed E-state index contributed by atoms with van der Waals surface area (Å²) in [6, 6.07) is 18.0. The van der Waals surface area contributed by atoms with Gasteiger partial charge in [-0.3, -0.25) is 4.79 Å². The van der Waals surface area contributed by atoms with Gasteiger partial charge in [-0.2, -0.15) is 5.10 Å². The van der Waals surface area contributed by atoms with Crippen molar-refractivity contribution >= 4 is 23.9 Å². The van der Waals surface area contributed by atoms with Crippen molar-refractivity contribution in [3.8, 4) is 0 Å². The van der Waals surface area contributed by atoms with E-state index < -0.39 is 0 Å². The second-order valence-electron chi connectivity index (χ2n) is 4.62. The van der Waals surface area contributed by atoms with Gasteiger partial charge in [-0.25, -0.2) is 5.43 Å². The highest BCUT2D eigenvalue weighted by Gasteiger charge is 2.00. The summed E-state index contributed by atoms with van der Waals surface area (Å²) in [5.41, 5.74) is 4.72. The summed E-state index contributed by atoms with van der Waals surface area (Å²) < 4.78 is 0. The summed E-state index contributed by atoms with van der Waals surface area (Å²) in [5.74, 6) is 0.678. The van der Waals surface area contributed by atoms with Crippen LogP contribution in [0.4, 0.5) is 0 Å². The number of hydrogen-bond donors (Lipinski definition) is 1. The molecule has 0 unspecified atom stereocenters. The second-order valence-corrected chi connectivity index (χ2v) is 5.78. The first-order valence-corrected chi connectivity index (χ1v) is 7.79. The molecule has 0 aliphatic carbocycles. The maximum absolute atomic E-state index is 11.6. The lowest BCUT2D eigenvalue weighted by molar-refractivity contribution is -0.120. The van der Waals surface area contributed by atoms with Crippen LogP contribution in [-0.2, 0) is 4.79 Å². The molecule has 0 spiro atoms. The van der Waals surface area contributed by atoms with E-state index in [4.69, 9.17) is 0 Å². The summed E-state index contributed by atoms with van der Waals surface area (Å²) in [5, 5.41) is 3.96. The summed E-state index contributed by atoms with van der Waals surface area (Å²) in [4.78, 5) is 12.8. The highest BCUT2D eigenvalue weighted by molar-refractivity contribution is 7.99. The minimum absolute atomic E-state index is 0.0678. The molecule has 0 saturated heterocycles. The predicted octanol–water partition coefficient (Wildman–Crippen LogP) is 3.63. The first-order valence-electron chi connectivity index (χ1n) is 6.80. The number of benzene rings is 2. The zero-order valence-electron chi connectivity index (χ0n) is 12.0. The van der Waals surface area contributed by atoms with Crippen LogP contribution in [0.25, 0.3) is 0 Å². The van der Waals surface area contributed by atoms with Gasteiger partial charge in [-0.15, -0.1) is 11.8 Å². The van der Waals surface area contributed by atoms with Crippen LogP contribution in [-0.4, -0.2) is 17.9 Å². The Morgan fingerprint density at radius 2 is 1.86 bits per heavy atom. The van der Waals surface area contributed by atoms with Crippen LogP contribution in [0.3, 0.4) is 0 Å². The van der Waals surface area contributed by atoms with Crippen molar-refractivity contribution in [1.82, 2.24) is 5.43 Å². The lowest BCUT2D eigenvalue weighted by atomic mass is 10.2. The van der Waals surface area contributed by atoms with Crippen LogP contribution in [0.15, 0.2) is 64.6 Å². The zero-order chi connectivity index (χ0) is 14.9. The Hall–Kier alpha value is -2.07. The average molecular weight is 298 g/mol. The van der Waals surface area contributed by atoms with Gasteiger partial charge in [0.2, 0.25) is 5.91 Å². The van der Waals surface area contributed by atoms with Crippen LogP contribution in [0.1, 0.15) is 17.5 Å². The molecule has 0 heterocycles. The van der Waals surface area contributed by atoms with Gasteiger partial charge in [0.1, 0.15) is 0 Å². The number of nitrogens with one attached hydrogen (secondary N) is 1. The fourth-order valence-corrected chi connectivity index (χ4v) is 2.54. The standard InChI is InChI=1S/C17H18N2OS/c1-14-7-9-15(10-8-14)13-18-19-17(20)11-12-21-16-5-3-2-4-6-16/h2-10,13H,11-12H2,1H3,(H,19,20)/b18-13+. The molecule has 108 valence electrons. The molecule has 3 nitrogen and oxygen atoms in total. The molecule has 2 aromatic rings. The predicted molar refractivity (Wildman–Crippen MR) is 88.7 cm³/mol. The minimum atomic E-state index is -0.0678. The third-order valence-corrected chi connectivity index (χ3v) is 3.84. The van der Waals surface area contributed by atoms with Crippen LogP contribution in [0, 0.1) is 6.92 Å². The van der Waals surface area contributed by atoms with Gasteiger partial charge in [-0.05, 0) is 24.6 Å². The average Bonchev–Trinajstić information content (AvgIpc) is 2.50. The first-order chi connectivity index (χ1) is 10.2. The minimum Gasteiger partial charge on any atom is -0.273 e. The molecule has 0 bridgehead atoms. The smallest absolute Gasteiger partial charge is 0.240 e. The topological polar surface area (TPSA) is 41.5 Å². The molecule has 2 aromatic carbocycles. The normalized spacial score (nSPS) is 10.7. The summed E-state index contributed by atoms with van der Waals surface area (Å²) in [6.07, 6.45) is 2.10. The second kappa shape index (κ2) is 8.27. The van der Waals surface area contributed by atoms with E-state index >= 15 is 0 Å². The van der Waals surface area contributed by atoms with Gasteiger partial charge in [0, 0.05) is 17.1 Å². The maximum atomic E-state index is 11.6. The summed E-state index contributed by atoms with van der Waals surface area (Å²) in [7, 11) is 0. The number of carbonyl (C=O) groups is 1. The maximum Gasteiger partial charge on any atom is 0.240 e. The van der Waals surface area contributed by atoms with E-state index in [0.717, 1.165) is 11.3 Å². The van der Waals surface area contributed by atoms with Crippen LogP contribution in [0.5, 0.6) is 0 Å². The first kappa shape index (κ1) is 15.3. The zero-order valence-corrected chi connectivity index (χ0v) is 12.8. The van der Waals surface area contributed by atoms with Gasteiger partial charge in [-0.1, -0.05) is 48.0 Å². The van der Waals surface area contributed by atoms with Crippen molar-refractivity contribution < 1.29 is 4.79 Å². The summed E-state index contributed by atoms with van der Waals surface area (Å²) in [6.45, 7) is 2.03. The molecular formula is C17H18N2OS. The highest BCUT2D eigenvalue weighted by atomic mass is 32.2. The molecule has 0 saturated carbocycles. The molecule has 0 atom stereocenters. The number of amides is 1. The van der Waals surface area contributed by atoms with E-state index in [1.807, 2.05) is 61.5 Å². The van der Waals surface area contributed by atoms with E-state index in [2.05, 4.69) is 10.5 Å². The van der Waals surface area contributed by atoms with E-state index in [1.54, 1.807) is 18.0 Å². The molecule has 0 fully saturated rings. The third kappa shape index (κ3) is 5.83. The molecule has 0 aliphatic heterocycles. The molecular weight excluding hydrogens is 280 g/mol. The lowest BCUT2D eigenvalue weighted by Gasteiger charge is -2.01. The molecule has 0 aliphatic rings. The Labute approximate surface area is 129 Å². The number of nitrogens with zero attached hydrogens (tertiary/aromatic N) is 1. The van der Waals surface area contributed by atoms with Gasteiger partial charge in [0.05, 0.1) is 6.21 Å². The lowest BCUT2D eigenvalue weighted by Crippen LogP contribution is -2.17. The van der Waals surface area contributed by atoms with Gasteiger partial charge >= 0.3 is 0 Å². The molecule has 0 radical (unpaired) electrons. The van der Waals surface area contributed by atoms with Gasteiger partial charge in [0.25, 0.3) is 0 Å². The van der Waals surface area contributed by atoms with Crippen LogP contribution in [0.2, 0.25) is 0 Å². The molecule has 1 N–H and O–H groups in total. The number of carbonyl (C=O) groups excluding carboxylic acids is 1. The van der Waals surface area contributed by atoms with Crippen molar-refractivity contribution in [1.29, 1.82) is 0 Å². The molecule has 2 rings (SSSR count). The quantitative estimate of drug-likeness (QED) is 0.503. The molecule has 21 heavy (non-hydrogen) atoms. The van der Waals surface area contributed by atoms with Crippen molar-refractivity contribution in [2.24, 2.45) is 5.10 Å². The SMILES string of the molecule is Cc1ccc(/C=N/NC(=O)CCSc2ccccc2)cc1. The van der Waals surface area contributed by atoms with Crippen LogP contribution >= 0.6 is 11.8 Å².